The lowest BCUT2D eigenvalue weighted by Gasteiger charge is -2.09. The van der Waals surface area contributed by atoms with Crippen LogP contribution < -0.4 is 10.9 Å². The van der Waals surface area contributed by atoms with Gasteiger partial charge in [-0.3, -0.25) is 14.6 Å². The minimum absolute atomic E-state index is 0.0164. The molecule has 1 amide bonds. The van der Waals surface area contributed by atoms with Gasteiger partial charge in [-0.1, -0.05) is 6.07 Å². The van der Waals surface area contributed by atoms with Crippen LogP contribution >= 0.6 is 23.1 Å². The number of thiophene rings is 1. The molecule has 0 unspecified atom stereocenters. The van der Waals surface area contributed by atoms with E-state index >= 15 is 0 Å². The van der Waals surface area contributed by atoms with Crippen LogP contribution in [0, 0.1) is 0 Å². The standard InChI is InChI=1S/C21H24N4O2S2/c26-18(23-11-8-14-5-3-4-10-22-14)9-12-28-13-17-24-20(27)19-15-6-1-2-7-16(15)29-21(19)25-17/h3-5,10H,1-2,6-9,11-13H2,(H,23,26)(H,24,25,27). The minimum atomic E-state index is -0.0164. The summed E-state index contributed by atoms with van der Waals surface area (Å²) < 4.78 is 0. The number of carbonyl (C=O) groups excluding carboxylic acids is 1. The first-order chi connectivity index (χ1) is 14.2. The highest BCUT2D eigenvalue weighted by molar-refractivity contribution is 7.98. The van der Waals surface area contributed by atoms with E-state index in [-0.39, 0.29) is 11.5 Å². The van der Waals surface area contributed by atoms with E-state index in [9.17, 15) is 9.59 Å². The van der Waals surface area contributed by atoms with Gasteiger partial charge < -0.3 is 10.3 Å². The van der Waals surface area contributed by atoms with E-state index in [1.54, 1.807) is 29.3 Å². The lowest BCUT2D eigenvalue weighted by molar-refractivity contribution is -0.120. The van der Waals surface area contributed by atoms with Crippen molar-refractivity contribution in [2.24, 2.45) is 0 Å². The lowest BCUT2D eigenvalue weighted by Crippen LogP contribution is -2.26. The molecule has 0 atom stereocenters. The molecular weight excluding hydrogens is 404 g/mol. The molecule has 4 rings (SSSR count). The Balaban J connectivity index is 1.24. The quantitative estimate of drug-likeness (QED) is 0.538. The molecule has 152 valence electrons. The Morgan fingerprint density at radius 3 is 3.03 bits per heavy atom. The summed E-state index contributed by atoms with van der Waals surface area (Å²) in [6, 6.07) is 5.78. The molecule has 8 heteroatoms. The summed E-state index contributed by atoms with van der Waals surface area (Å²) in [4.78, 5) is 38.6. The molecule has 2 N–H and O–H groups in total. The number of hydrogen-bond donors (Lipinski definition) is 2. The average Bonchev–Trinajstić information content (AvgIpc) is 3.11. The fraction of sp³-hybridized carbons (Fsp3) is 0.429. The maximum Gasteiger partial charge on any atom is 0.259 e. The molecule has 3 aromatic rings. The van der Waals surface area contributed by atoms with Gasteiger partial charge in [0.15, 0.2) is 0 Å². The molecule has 6 nitrogen and oxygen atoms in total. The molecular formula is C21H24N4O2S2. The van der Waals surface area contributed by atoms with Crippen LogP contribution in [0.15, 0.2) is 29.2 Å². The van der Waals surface area contributed by atoms with Gasteiger partial charge in [-0.15, -0.1) is 11.3 Å². The van der Waals surface area contributed by atoms with Gasteiger partial charge in [0.05, 0.1) is 11.1 Å². The summed E-state index contributed by atoms with van der Waals surface area (Å²) in [5, 5.41) is 3.72. The number of rotatable bonds is 8. The van der Waals surface area contributed by atoms with Crippen molar-refractivity contribution in [1.82, 2.24) is 20.3 Å². The Morgan fingerprint density at radius 1 is 1.28 bits per heavy atom. The van der Waals surface area contributed by atoms with Crippen molar-refractivity contribution in [3.05, 3.63) is 56.7 Å². The van der Waals surface area contributed by atoms with Crippen molar-refractivity contribution < 1.29 is 4.79 Å². The molecule has 0 radical (unpaired) electrons. The number of hydrogen-bond acceptors (Lipinski definition) is 6. The molecule has 0 aliphatic heterocycles. The molecule has 0 saturated carbocycles. The first kappa shape index (κ1) is 20.1. The van der Waals surface area contributed by atoms with Gasteiger partial charge in [0, 0.05) is 41.9 Å². The van der Waals surface area contributed by atoms with Crippen LogP contribution in [-0.4, -0.2) is 33.2 Å². The van der Waals surface area contributed by atoms with E-state index in [4.69, 9.17) is 0 Å². The molecule has 1 aliphatic carbocycles. The molecule has 29 heavy (non-hydrogen) atoms. The highest BCUT2D eigenvalue weighted by atomic mass is 32.2. The number of nitrogens with zero attached hydrogens (tertiary/aromatic N) is 2. The SMILES string of the molecule is O=C(CCSCc1nc2sc3c(c2c(=O)[nH]1)CCCC3)NCCc1ccccn1. The van der Waals surface area contributed by atoms with Crippen LogP contribution in [0.3, 0.4) is 0 Å². The van der Waals surface area contributed by atoms with Crippen molar-refractivity contribution in [3.8, 4) is 0 Å². The summed E-state index contributed by atoms with van der Waals surface area (Å²) in [7, 11) is 0. The van der Waals surface area contributed by atoms with E-state index < -0.39 is 0 Å². The third-order valence-corrected chi connectivity index (χ3v) is 7.17. The van der Waals surface area contributed by atoms with Crippen LogP contribution in [0.25, 0.3) is 10.2 Å². The summed E-state index contributed by atoms with van der Waals surface area (Å²) in [6.07, 6.45) is 7.35. The molecule has 0 saturated heterocycles. The summed E-state index contributed by atoms with van der Waals surface area (Å²) in [5.41, 5.74) is 2.17. The normalized spacial score (nSPS) is 13.4. The predicted octanol–water partition coefficient (Wildman–Crippen LogP) is 3.24. The number of amides is 1. The number of nitrogens with one attached hydrogen (secondary N) is 2. The Hall–Kier alpha value is -2.19. The molecule has 3 heterocycles. The molecule has 0 fully saturated rings. The number of fused-ring (bicyclic) bond motifs is 3. The maximum atomic E-state index is 12.5. The topological polar surface area (TPSA) is 87.7 Å². The fourth-order valence-electron chi connectivity index (χ4n) is 3.57. The van der Waals surface area contributed by atoms with Gasteiger partial charge in [-0.25, -0.2) is 4.98 Å². The van der Waals surface area contributed by atoms with Gasteiger partial charge in [0.1, 0.15) is 10.7 Å². The maximum absolute atomic E-state index is 12.5. The zero-order chi connectivity index (χ0) is 20.1. The van der Waals surface area contributed by atoms with Crippen LogP contribution in [0.1, 0.15) is 41.2 Å². The van der Waals surface area contributed by atoms with Crippen molar-refractivity contribution >= 4 is 39.2 Å². The van der Waals surface area contributed by atoms with E-state index in [1.807, 2.05) is 18.2 Å². The second kappa shape index (κ2) is 9.54. The highest BCUT2D eigenvalue weighted by Crippen LogP contribution is 2.33. The van der Waals surface area contributed by atoms with Gasteiger partial charge in [0.25, 0.3) is 5.56 Å². The smallest absolute Gasteiger partial charge is 0.259 e. The predicted molar refractivity (Wildman–Crippen MR) is 119 cm³/mol. The second-order valence-corrected chi connectivity index (χ2v) is 9.32. The Kier molecular flexibility index (Phi) is 6.61. The van der Waals surface area contributed by atoms with Crippen LogP contribution in [0.2, 0.25) is 0 Å². The van der Waals surface area contributed by atoms with Crippen molar-refractivity contribution in [3.63, 3.8) is 0 Å². The van der Waals surface area contributed by atoms with Crippen molar-refractivity contribution in [1.29, 1.82) is 0 Å². The van der Waals surface area contributed by atoms with E-state index in [2.05, 4.69) is 20.3 Å². The monoisotopic (exact) mass is 428 g/mol. The Labute approximate surface area is 177 Å². The largest absolute Gasteiger partial charge is 0.356 e. The van der Waals surface area contributed by atoms with Gasteiger partial charge in [-0.05, 0) is 43.4 Å². The van der Waals surface area contributed by atoms with E-state index in [1.165, 1.54) is 16.9 Å². The number of aromatic nitrogens is 3. The zero-order valence-electron chi connectivity index (χ0n) is 16.2. The highest BCUT2D eigenvalue weighted by Gasteiger charge is 2.19. The number of aromatic amines is 1. The first-order valence-electron chi connectivity index (χ1n) is 9.98. The fourth-order valence-corrected chi connectivity index (χ4v) is 5.66. The van der Waals surface area contributed by atoms with Crippen LogP contribution in [0.5, 0.6) is 0 Å². The second-order valence-electron chi connectivity index (χ2n) is 7.13. The van der Waals surface area contributed by atoms with E-state index in [0.29, 0.717) is 30.3 Å². The summed E-state index contributed by atoms with van der Waals surface area (Å²) >= 11 is 3.29. The molecule has 3 aromatic heterocycles. The number of H-pyrrole nitrogens is 1. The molecule has 1 aliphatic rings. The number of pyridine rings is 1. The minimum Gasteiger partial charge on any atom is -0.356 e. The third kappa shape index (κ3) is 5.05. The van der Waals surface area contributed by atoms with Gasteiger partial charge in [0.2, 0.25) is 5.91 Å². The number of carbonyl (C=O) groups is 1. The van der Waals surface area contributed by atoms with Crippen molar-refractivity contribution in [2.75, 3.05) is 12.3 Å². The zero-order valence-corrected chi connectivity index (χ0v) is 17.8. The third-order valence-electron chi connectivity index (χ3n) is 5.02. The lowest BCUT2D eigenvalue weighted by atomic mass is 9.97. The van der Waals surface area contributed by atoms with Gasteiger partial charge in [-0.2, -0.15) is 11.8 Å². The Bertz CT molecular complexity index is 1050. The van der Waals surface area contributed by atoms with Crippen LogP contribution in [-0.2, 0) is 29.8 Å². The first-order valence-corrected chi connectivity index (χ1v) is 12.0. The van der Waals surface area contributed by atoms with Crippen LogP contribution in [0.4, 0.5) is 0 Å². The summed E-state index contributed by atoms with van der Waals surface area (Å²) in [5.74, 6) is 2.03. The van der Waals surface area contributed by atoms with E-state index in [0.717, 1.165) is 41.6 Å². The number of aryl methyl sites for hydroxylation is 2. The number of thioether (sulfide) groups is 1. The summed E-state index contributed by atoms with van der Waals surface area (Å²) in [6.45, 7) is 0.592. The van der Waals surface area contributed by atoms with Gasteiger partial charge >= 0.3 is 0 Å². The molecule has 0 spiro atoms. The van der Waals surface area contributed by atoms with Crippen molar-refractivity contribution in [2.45, 2.75) is 44.3 Å². The average molecular weight is 429 g/mol. The Morgan fingerprint density at radius 2 is 2.17 bits per heavy atom. The molecule has 0 bridgehead atoms. The molecule has 0 aromatic carbocycles.